The molecule has 6 heteroatoms. The van der Waals surface area contributed by atoms with E-state index in [1.54, 1.807) is 30.3 Å². The van der Waals surface area contributed by atoms with Gasteiger partial charge in [-0.25, -0.2) is 0 Å². The molecule has 1 heterocycles. The molecule has 5 rings (SSSR count). The number of rotatable bonds is 10. The van der Waals surface area contributed by atoms with Gasteiger partial charge < -0.3 is 15.3 Å². The van der Waals surface area contributed by atoms with Gasteiger partial charge in [0.15, 0.2) is 0 Å². The Kier molecular flexibility index (Phi) is 8.71. The molecule has 3 aromatic carbocycles. The van der Waals surface area contributed by atoms with Crippen LogP contribution in [0.2, 0.25) is 0 Å². The highest BCUT2D eigenvalue weighted by Crippen LogP contribution is 2.48. The first-order chi connectivity index (χ1) is 19.9. The number of phenols is 1. The van der Waals surface area contributed by atoms with Crippen molar-refractivity contribution < 1.29 is 24.9 Å². The van der Waals surface area contributed by atoms with E-state index in [4.69, 9.17) is 0 Å². The number of para-hydroxylation sites is 1. The number of hydrogen-bond acceptors (Lipinski definition) is 5. The van der Waals surface area contributed by atoms with Crippen molar-refractivity contribution in [1.82, 2.24) is 0 Å². The van der Waals surface area contributed by atoms with Crippen molar-refractivity contribution in [3.8, 4) is 5.75 Å². The predicted octanol–water partition coefficient (Wildman–Crippen LogP) is 6.39. The number of hydrogen-bond donors (Lipinski definition) is 3. The fraction of sp³-hybridized carbons (Fsp3) is 0.371. The van der Waals surface area contributed by atoms with Gasteiger partial charge in [0.2, 0.25) is 11.8 Å². The van der Waals surface area contributed by atoms with Crippen molar-refractivity contribution in [2.24, 2.45) is 17.8 Å². The molecular formula is C35H39NO5. The average molecular weight is 554 g/mol. The summed E-state index contributed by atoms with van der Waals surface area (Å²) in [5, 5.41) is 34.2. The monoisotopic (exact) mass is 553 g/mol. The predicted molar refractivity (Wildman–Crippen MR) is 162 cm³/mol. The van der Waals surface area contributed by atoms with Crippen LogP contribution in [0, 0.1) is 17.8 Å². The minimum absolute atomic E-state index is 0.224. The lowest BCUT2D eigenvalue weighted by molar-refractivity contribution is -0.123. The maximum absolute atomic E-state index is 13.6. The molecule has 0 bridgehead atoms. The standard InChI is InChI=1S/C35H39NO5/c1-3-10-22(19-24-16-18-30(38)27-14-9-8-13-26(24)27)15-17-31(39)32-23(4-2)20-28-33(29(32)21-37)35(41)36(34(28)40)25-11-6-5-7-12-25/h5-9,11-14,16,18-19,28-29,31,33,37-39H,3-4,10,15,17,20-21H2,1-2H3/b22-19+/t28-,29+,31-,33-/m1/s1. The summed E-state index contributed by atoms with van der Waals surface area (Å²) in [6.45, 7) is 3.84. The number of imide groups is 1. The summed E-state index contributed by atoms with van der Waals surface area (Å²) in [6.07, 6.45) is 5.34. The molecule has 4 atom stereocenters. The first kappa shape index (κ1) is 28.8. The van der Waals surface area contributed by atoms with E-state index >= 15 is 0 Å². The maximum Gasteiger partial charge on any atom is 0.238 e. The largest absolute Gasteiger partial charge is 0.507 e. The normalized spacial score (nSPS) is 22.0. The second-order valence-electron chi connectivity index (χ2n) is 11.2. The number of benzene rings is 3. The van der Waals surface area contributed by atoms with E-state index in [1.807, 2.05) is 43.3 Å². The quantitative estimate of drug-likeness (QED) is 0.200. The molecule has 41 heavy (non-hydrogen) atoms. The second-order valence-corrected chi connectivity index (χ2v) is 11.2. The number of aliphatic hydroxyl groups excluding tert-OH is 2. The lowest BCUT2D eigenvalue weighted by atomic mass is 9.67. The molecule has 1 aliphatic carbocycles. The van der Waals surface area contributed by atoms with Crippen LogP contribution in [-0.4, -0.2) is 39.8 Å². The van der Waals surface area contributed by atoms with Gasteiger partial charge in [0.25, 0.3) is 0 Å². The van der Waals surface area contributed by atoms with Crippen LogP contribution in [-0.2, 0) is 9.59 Å². The summed E-state index contributed by atoms with van der Waals surface area (Å²) in [6, 6.07) is 20.4. The molecule has 2 amide bonds. The SMILES string of the molecule is CCC/C(=C\c1ccc(O)c2ccccc12)CC[C@@H](O)C1=C(CC)C[C@H]2C(=O)N(c3ccccc3)C(=O)[C@H]2[C@H]1CO. The topological polar surface area (TPSA) is 98.1 Å². The van der Waals surface area contributed by atoms with Crippen LogP contribution in [0.3, 0.4) is 0 Å². The zero-order valence-electron chi connectivity index (χ0n) is 23.8. The smallest absolute Gasteiger partial charge is 0.238 e. The van der Waals surface area contributed by atoms with Crippen LogP contribution >= 0.6 is 0 Å². The molecule has 3 aromatic rings. The van der Waals surface area contributed by atoms with Gasteiger partial charge in [-0.2, -0.15) is 0 Å². The molecule has 0 radical (unpaired) electrons. The number of phenolic OH excluding ortho intramolecular Hbond substituents is 1. The van der Waals surface area contributed by atoms with Gasteiger partial charge in [0.05, 0.1) is 30.2 Å². The third kappa shape index (κ3) is 5.46. The maximum atomic E-state index is 13.6. The molecular weight excluding hydrogens is 514 g/mol. The van der Waals surface area contributed by atoms with E-state index in [1.165, 1.54) is 10.5 Å². The molecule has 1 saturated heterocycles. The van der Waals surface area contributed by atoms with Crippen molar-refractivity contribution in [3.05, 3.63) is 89.0 Å². The minimum atomic E-state index is -0.825. The summed E-state index contributed by atoms with van der Waals surface area (Å²) >= 11 is 0. The Labute approximate surface area is 241 Å². The second kappa shape index (κ2) is 12.4. The summed E-state index contributed by atoms with van der Waals surface area (Å²) in [7, 11) is 0. The minimum Gasteiger partial charge on any atom is -0.507 e. The van der Waals surface area contributed by atoms with E-state index in [-0.39, 0.29) is 24.2 Å². The first-order valence-corrected chi connectivity index (χ1v) is 14.7. The summed E-state index contributed by atoms with van der Waals surface area (Å²) in [5.41, 5.74) is 4.47. The van der Waals surface area contributed by atoms with Crippen LogP contribution in [0.5, 0.6) is 5.75 Å². The average Bonchev–Trinajstić information content (AvgIpc) is 3.25. The highest BCUT2D eigenvalue weighted by Gasteiger charge is 2.55. The van der Waals surface area contributed by atoms with E-state index < -0.39 is 23.9 Å². The molecule has 0 spiro atoms. The number of aliphatic hydroxyl groups is 2. The van der Waals surface area contributed by atoms with Gasteiger partial charge >= 0.3 is 0 Å². The number of aromatic hydroxyl groups is 1. The third-order valence-corrected chi connectivity index (χ3v) is 8.79. The Balaban J connectivity index is 1.41. The Morgan fingerprint density at radius 2 is 1.66 bits per heavy atom. The summed E-state index contributed by atoms with van der Waals surface area (Å²) in [4.78, 5) is 28.3. The van der Waals surface area contributed by atoms with Gasteiger partial charge in [-0.05, 0) is 66.8 Å². The Bertz CT molecular complexity index is 1490. The summed E-state index contributed by atoms with van der Waals surface area (Å²) in [5.74, 6) is -2.07. The van der Waals surface area contributed by atoms with Gasteiger partial charge in [0.1, 0.15) is 5.75 Å². The van der Waals surface area contributed by atoms with Crippen LogP contribution in [0.4, 0.5) is 5.69 Å². The van der Waals surface area contributed by atoms with Crippen LogP contribution < -0.4 is 4.90 Å². The van der Waals surface area contributed by atoms with Crippen molar-refractivity contribution in [2.45, 2.75) is 58.5 Å². The van der Waals surface area contributed by atoms with Crippen LogP contribution in [0.25, 0.3) is 16.8 Å². The lowest BCUT2D eigenvalue weighted by Gasteiger charge is -2.36. The van der Waals surface area contributed by atoms with Gasteiger partial charge in [-0.3, -0.25) is 14.5 Å². The highest BCUT2D eigenvalue weighted by molar-refractivity contribution is 6.22. The van der Waals surface area contributed by atoms with Crippen LogP contribution in [0.1, 0.15) is 57.9 Å². The first-order valence-electron chi connectivity index (χ1n) is 14.7. The van der Waals surface area contributed by atoms with Crippen molar-refractivity contribution in [2.75, 3.05) is 11.5 Å². The fourth-order valence-corrected chi connectivity index (χ4v) is 6.85. The molecule has 0 saturated carbocycles. The zero-order valence-corrected chi connectivity index (χ0v) is 23.8. The molecule has 6 nitrogen and oxygen atoms in total. The number of carbonyl (C=O) groups is 2. The summed E-state index contributed by atoms with van der Waals surface area (Å²) < 4.78 is 0. The highest BCUT2D eigenvalue weighted by atomic mass is 16.3. The number of amides is 2. The fourth-order valence-electron chi connectivity index (χ4n) is 6.85. The lowest BCUT2D eigenvalue weighted by Crippen LogP contribution is -2.39. The Morgan fingerprint density at radius 3 is 2.34 bits per heavy atom. The number of allylic oxidation sites excluding steroid dienone is 2. The van der Waals surface area contributed by atoms with Gasteiger partial charge in [0, 0.05) is 11.3 Å². The van der Waals surface area contributed by atoms with E-state index in [0.717, 1.165) is 40.3 Å². The molecule has 2 aliphatic rings. The Hall–Kier alpha value is -3.74. The van der Waals surface area contributed by atoms with Crippen molar-refractivity contribution in [1.29, 1.82) is 0 Å². The van der Waals surface area contributed by atoms with Gasteiger partial charge in [-0.1, -0.05) is 86.0 Å². The third-order valence-electron chi connectivity index (χ3n) is 8.79. The molecule has 1 aliphatic heterocycles. The van der Waals surface area contributed by atoms with E-state index in [2.05, 4.69) is 13.0 Å². The molecule has 1 fully saturated rings. The van der Waals surface area contributed by atoms with Crippen molar-refractivity contribution >= 4 is 34.4 Å². The number of carbonyl (C=O) groups excluding carboxylic acids is 2. The van der Waals surface area contributed by atoms with Gasteiger partial charge in [-0.15, -0.1) is 0 Å². The zero-order chi connectivity index (χ0) is 29.1. The number of fused-ring (bicyclic) bond motifs is 2. The number of anilines is 1. The molecule has 214 valence electrons. The molecule has 3 N–H and O–H groups in total. The van der Waals surface area contributed by atoms with E-state index in [0.29, 0.717) is 31.4 Å². The Morgan fingerprint density at radius 1 is 0.951 bits per heavy atom. The van der Waals surface area contributed by atoms with Crippen LogP contribution in [0.15, 0.2) is 83.4 Å². The number of nitrogens with zero attached hydrogens (tertiary/aromatic N) is 1. The molecule has 0 aromatic heterocycles. The van der Waals surface area contributed by atoms with Crippen molar-refractivity contribution in [3.63, 3.8) is 0 Å². The molecule has 0 unspecified atom stereocenters. The van der Waals surface area contributed by atoms with E-state index in [9.17, 15) is 24.9 Å².